The fraction of sp³-hybridized carbons (Fsp3) is 0.111. The van der Waals surface area contributed by atoms with Crippen LogP contribution in [0.2, 0.25) is 0 Å². The number of carbonyl (C=O) groups is 1. The van der Waals surface area contributed by atoms with Gasteiger partial charge in [-0.15, -0.1) is 11.3 Å². The number of sulfonamides is 1. The maximum absolute atomic E-state index is 12.4. The first-order valence-corrected chi connectivity index (χ1v) is 9.91. The van der Waals surface area contributed by atoms with Crippen LogP contribution in [0.4, 0.5) is 0 Å². The summed E-state index contributed by atoms with van der Waals surface area (Å²) < 4.78 is 27.4. The van der Waals surface area contributed by atoms with E-state index in [1.54, 1.807) is 23.6 Å². The second kappa shape index (κ2) is 7.26. The highest BCUT2D eigenvalue weighted by molar-refractivity contribution is 7.89. The number of Topliss-reactive ketones (excluding diaryl/α,β-unsaturated/α-hetero) is 1. The summed E-state index contributed by atoms with van der Waals surface area (Å²) >= 11 is 1.58. The molecular formula is C18H16N2O3S2. The van der Waals surface area contributed by atoms with Gasteiger partial charge in [0.05, 0.1) is 15.5 Å². The summed E-state index contributed by atoms with van der Waals surface area (Å²) in [6.07, 6.45) is 1.67. The molecule has 1 aromatic carbocycles. The quantitative estimate of drug-likeness (QED) is 0.672. The molecule has 3 rings (SSSR count). The van der Waals surface area contributed by atoms with E-state index in [2.05, 4.69) is 9.71 Å². The van der Waals surface area contributed by atoms with Crippen LogP contribution < -0.4 is 4.72 Å². The van der Waals surface area contributed by atoms with Crippen LogP contribution in [0, 0.1) is 0 Å². The monoisotopic (exact) mass is 372 g/mol. The smallest absolute Gasteiger partial charge is 0.240 e. The van der Waals surface area contributed by atoms with Crippen molar-refractivity contribution < 1.29 is 13.2 Å². The highest BCUT2D eigenvalue weighted by Gasteiger charge is 2.14. The Kier molecular flexibility index (Phi) is 5.08. The highest BCUT2D eigenvalue weighted by Crippen LogP contribution is 2.23. The molecule has 0 unspecified atom stereocenters. The molecule has 0 spiro atoms. The lowest BCUT2D eigenvalue weighted by Gasteiger charge is -2.08. The molecule has 0 aliphatic heterocycles. The summed E-state index contributed by atoms with van der Waals surface area (Å²) in [5.74, 6) is -0.102. The molecule has 0 saturated heterocycles. The van der Waals surface area contributed by atoms with Crippen LogP contribution in [-0.2, 0) is 16.6 Å². The van der Waals surface area contributed by atoms with Gasteiger partial charge in [-0.25, -0.2) is 13.1 Å². The van der Waals surface area contributed by atoms with Gasteiger partial charge in [0.2, 0.25) is 10.0 Å². The number of benzene rings is 1. The molecule has 1 N–H and O–H groups in total. The van der Waals surface area contributed by atoms with E-state index in [0.29, 0.717) is 5.56 Å². The second-order valence-corrected chi connectivity index (χ2v) is 8.15. The maximum atomic E-state index is 12.4. The molecule has 0 bridgehead atoms. The Hall–Kier alpha value is -2.35. The molecular weight excluding hydrogens is 356 g/mol. The normalized spacial score (nSPS) is 11.4. The van der Waals surface area contributed by atoms with Crippen molar-refractivity contribution in [3.8, 4) is 10.6 Å². The van der Waals surface area contributed by atoms with Crippen LogP contribution in [-0.4, -0.2) is 19.2 Å². The zero-order valence-corrected chi connectivity index (χ0v) is 15.1. The van der Waals surface area contributed by atoms with Gasteiger partial charge in [-0.1, -0.05) is 18.2 Å². The third-order valence-electron chi connectivity index (χ3n) is 3.64. The number of aromatic nitrogens is 1. The molecule has 0 saturated carbocycles. The minimum absolute atomic E-state index is 0.102. The predicted molar refractivity (Wildman–Crippen MR) is 98.0 cm³/mol. The number of hydrogen-bond donors (Lipinski definition) is 1. The number of nitrogens with zero attached hydrogens (tertiary/aromatic N) is 1. The average molecular weight is 372 g/mol. The Balaban J connectivity index is 1.74. The molecule has 5 nitrogen and oxygen atoms in total. The zero-order chi connectivity index (χ0) is 17.9. The van der Waals surface area contributed by atoms with Gasteiger partial charge < -0.3 is 0 Å². The van der Waals surface area contributed by atoms with Crippen molar-refractivity contribution >= 4 is 27.1 Å². The van der Waals surface area contributed by atoms with Crippen molar-refractivity contribution in [1.29, 1.82) is 0 Å². The van der Waals surface area contributed by atoms with E-state index in [-0.39, 0.29) is 17.2 Å². The van der Waals surface area contributed by atoms with Gasteiger partial charge >= 0.3 is 0 Å². The van der Waals surface area contributed by atoms with Crippen molar-refractivity contribution in [1.82, 2.24) is 9.71 Å². The SMILES string of the molecule is CC(=O)c1ccc(S(=O)(=O)NCc2ccnc(-c3cccs3)c2)cc1. The molecule has 25 heavy (non-hydrogen) atoms. The van der Waals surface area contributed by atoms with Gasteiger partial charge in [0.1, 0.15) is 0 Å². The van der Waals surface area contributed by atoms with Crippen LogP contribution in [0.5, 0.6) is 0 Å². The minimum Gasteiger partial charge on any atom is -0.295 e. The van der Waals surface area contributed by atoms with Crippen molar-refractivity contribution in [3.05, 3.63) is 71.2 Å². The number of ketones is 1. The maximum Gasteiger partial charge on any atom is 0.240 e. The average Bonchev–Trinajstić information content (AvgIpc) is 3.15. The van der Waals surface area contributed by atoms with Crippen molar-refractivity contribution in [3.63, 3.8) is 0 Å². The molecule has 7 heteroatoms. The summed E-state index contributed by atoms with van der Waals surface area (Å²) in [5, 5.41) is 1.97. The van der Waals surface area contributed by atoms with E-state index in [4.69, 9.17) is 0 Å². The number of nitrogens with one attached hydrogen (secondary N) is 1. The standard InChI is InChI=1S/C18H16N2O3S2/c1-13(21)15-4-6-16(7-5-15)25(22,23)20-12-14-8-9-19-17(11-14)18-3-2-10-24-18/h2-11,20H,12H2,1H3. The highest BCUT2D eigenvalue weighted by atomic mass is 32.2. The lowest BCUT2D eigenvalue weighted by molar-refractivity contribution is 0.101. The molecule has 0 aliphatic carbocycles. The fourth-order valence-electron chi connectivity index (χ4n) is 2.27. The lowest BCUT2D eigenvalue weighted by atomic mass is 10.2. The molecule has 0 fully saturated rings. The number of carbonyl (C=O) groups excluding carboxylic acids is 1. The van der Waals surface area contributed by atoms with Crippen molar-refractivity contribution in [2.75, 3.05) is 0 Å². The summed E-state index contributed by atoms with van der Waals surface area (Å²) in [4.78, 5) is 16.7. The Morgan fingerprint density at radius 1 is 1.16 bits per heavy atom. The summed E-state index contributed by atoms with van der Waals surface area (Å²) in [5.41, 5.74) is 2.12. The number of hydrogen-bond acceptors (Lipinski definition) is 5. The van der Waals surface area contributed by atoms with E-state index in [1.807, 2.05) is 23.6 Å². The fourth-order valence-corrected chi connectivity index (χ4v) is 3.98. The second-order valence-electron chi connectivity index (χ2n) is 5.43. The summed E-state index contributed by atoms with van der Waals surface area (Å²) in [6, 6.07) is 13.5. The van der Waals surface area contributed by atoms with E-state index in [1.165, 1.54) is 31.2 Å². The van der Waals surface area contributed by atoms with Crippen LogP contribution in [0.25, 0.3) is 10.6 Å². The number of rotatable bonds is 6. The molecule has 2 heterocycles. The largest absolute Gasteiger partial charge is 0.295 e. The lowest BCUT2D eigenvalue weighted by Crippen LogP contribution is -2.23. The van der Waals surface area contributed by atoms with Crippen molar-refractivity contribution in [2.45, 2.75) is 18.4 Å². The zero-order valence-electron chi connectivity index (χ0n) is 13.5. The molecule has 0 aliphatic rings. The van der Waals surface area contributed by atoms with Gasteiger partial charge in [0.25, 0.3) is 0 Å². The van der Waals surface area contributed by atoms with E-state index in [9.17, 15) is 13.2 Å². The number of thiophene rings is 1. The molecule has 0 atom stereocenters. The van der Waals surface area contributed by atoms with Gasteiger partial charge in [0.15, 0.2) is 5.78 Å². The van der Waals surface area contributed by atoms with Crippen LogP contribution in [0.15, 0.2) is 65.0 Å². The third kappa shape index (κ3) is 4.19. The predicted octanol–water partition coefficient (Wildman–Crippen LogP) is 3.49. The van der Waals surface area contributed by atoms with Crippen LogP contribution in [0.3, 0.4) is 0 Å². The topological polar surface area (TPSA) is 76.1 Å². The first kappa shape index (κ1) is 17.5. The van der Waals surface area contributed by atoms with E-state index >= 15 is 0 Å². The van der Waals surface area contributed by atoms with Gasteiger partial charge in [-0.05, 0) is 48.2 Å². The Morgan fingerprint density at radius 2 is 1.92 bits per heavy atom. The molecule has 128 valence electrons. The molecule has 3 aromatic rings. The summed E-state index contributed by atoms with van der Waals surface area (Å²) in [6.45, 7) is 1.61. The van der Waals surface area contributed by atoms with Gasteiger partial charge in [0, 0.05) is 18.3 Å². The van der Waals surface area contributed by atoms with Gasteiger partial charge in [-0.2, -0.15) is 0 Å². The molecule has 0 amide bonds. The minimum atomic E-state index is -3.65. The molecule has 2 aromatic heterocycles. The summed E-state index contributed by atoms with van der Waals surface area (Å²) in [7, 11) is -3.65. The van der Waals surface area contributed by atoms with E-state index in [0.717, 1.165) is 16.1 Å². The molecule has 0 radical (unpaired) electrons. The first-order chi connectivity index (χ1) is 12.0. The first-order valence-electron chi connectivity index (χ1n) is 7.55. The van der Waals surface area contributed by atoms with Crippen molar-refractivity contribution in [2.24, 2.45) is 0 Å². The third-order valence-corrected chi connectivity index (χ3v) is 5.94. The Morgan fingerprint density at radius 3 is 2.56 bits per heavy atom. The Bertz CT molecular complexity index is 979. The number of pyridine rings is 1. The van der Waals surface area contributed by atoms with E-state index < -0.39 is 10.0 Å². The van der Waals surface area contributed by atoms with Gasteiger partial charge in [-0.3, -0.25) is 9.78 Å². The van der Waals surface area contributed by atoms with Crippen LogP contribution in [0.1, 0.15) is 22.8 Å². The van der Waals surface area contributed by atoms with Crippen LogP contribution >= 0.6 is 11.3 Å². The Labute approximate surface area is 150 Å².